The van der Waals surface area contributed by atoms with Crippen LogP contribution in [0.3, 0.4) is 0 Å². The minimum atomic E-state index is 0.604. The average molecular weight is 276 g/mol. The molecule has 0 aliphatic heterocycles. The molecule has 19 heavy (non-hydrogen) atoms. The summed E-state index contributed by atoms with van der Waals surface area (Å²) in [6.45, 7) is 7.93. The number of thiazole rings is 1. The first-order chi connectivity index (χ1) is 9.20. The Bertz CT molecular complexity index is 471. The third-order valence-corrected chi connectivity index (χ3v) is 4.56. The van der Waals surface area contributed by atoms with Gasteiger partial charge in [0.25, 0.3) is 0 Å². The topological polar surface area (TPSA) is 24.9 Å². The maximum Gasteiger partial charge on any atom is 0.0939 e. The molecule has 1 atom stereocenters. The normalized spacial score (nSPS) is 13.3. The van der Waals surface area contributed by atoms with E-state index in [4.69, 9.17) is 4.98 Å². The van der Waals surface area contributed by atoms with Crippen molar-refractivity contribution in [3.63, 3.8) is 0 Å². The smallest absolute Gasteiger partial charge is 0.0939 e. The predicted octanol–water partition coefficient (Wildman–Crippen LogP) is 4.25. The summed E-state index contributed by atoms with van der Waals surface area (Å²) in [5, 5.41) is 4.92. The SMILES string of the molecule is CCCNC(CCc1nc2ccccc2s1)C(C)C. The van der Waals surface area contributed by atoms with Gasteiger partial charge in [0.05, 0.1) is 15.2 Å². The highest BCUT2D eigenvalue weighted by atomic mass is 32.1. The molecule has 1 heterocycles. The third-order valence-electron chi connectivity index (χ3n) is 3.47. The van der Waals surface area contributed by atoms with Crippen LogP contribution in [0.4, 0.5) is 0 Å². The second-order valence-corrected chi connectivity index (χ2v) is 6.53. The first kappa shape index (κ1) is 14.5. The van der Waals surface area contributed by atoms with Crippen molar-refractivity contribution in [3.8, 4) is 0 Å². The molecule has 2 rings (SSSR count). The van der Waals surface area contributed by atoms with E-state index in [9.17, 15) is 0 Å². The van der Waals surface area contributed by atoms with Crippen molar-refractivity contribution < 1.29 is 0 Å². The minimum Gasteiger partial charge on any atom is -0.314 e. The van der Waals surface area contributed by atoms with Gasteiger partial charge in [-0.15, -0.1) is 11.3 Å². The quantitative estimate of drug-likeness (QED) is 0.817. The van der Waals surface area contributed by atoms with Crippen LogP contribution in [0.5, 0.6) is 0 Å². The molecular formula is C16H24N2S. The van der Waals surface area contributed by atoms with E-state index < -0.39 is 0 Å². The van der Waals surface area contributed by atoms with Crippen LogP contribution in [0.2, 0.25) is 0 Å². The van der Waals surface area contributed by atoms with Gasteiger partial charge in [-0.05, 0) is 37.4 Å². The number of nitrogens with one attached hydrogen (secondary N) is 1. The van der Waals surface area contributed by atoms with Crippen LogP contribution < -0.4 is 5.32 Å². The van der Waals surface area contributed by atoms with Crippen molar-refractivity contribution in [3.05, 3.63) is 29.3 Å². The molecule has 0 saturated carbocycles. The molecule has 0 saturated heterocycles. The maximum atomic E-state index is 4.72. The van der Waals surface area contributed by atoms with Gasteiger partial charge in [0.2, 0.25) is 0 Å². The number of benzene rings is 1. The van der Waals surface area contributed by atoms with Crippen LogP contribution in [-0.4, -0.2) is 17.6 Å². The van der Waals surface area contributed by atoms with Gasteiger partial charge in [-0.2, -0.15) is 0 Å². The number of aromatic nitrogens is 1. The average Bonchev–Trinajstić information content (AvgIpc) is 2.81. The van der Waals surface area contributed by atoms with Crippen molar-refractivity contribution in [1.82, 2.24) is 10.3 Å². The van der Waals surface area contributed by atoms with E-state index in [1.54, 1.807) is 0 Å². The molecule has 0 radical (unpaired) electrons. The number of rotatable bonds is 7. The van der Waals surface area contributed by atoms with Crippen LogP contribution in [0.15, 0.2) is 24.3 Å². The Morgan fingerprint density at radius 3 is 2.74 bits per heavy atom. The predicted molar refractivity (Wildman–Crippen MR) is 84.9 cm³/mol. The van der Waals surface area contributed by atoms with Gasteiger partial charge in [-0.1, -0.05) is 32.9 Å². The fourth-order valence-electron chi connectivity index (χ4n) is 2.31. The molecule has 2 aromatic rings. The van der Waals surface area contributed by atoms with Crippen molar-refractivity contribution in [2.24, 2.45) is 5.92 Å². The molecule has 104 valence electrons. The summed E-state index contributed by atoms with van der Waals surface area (Å²) >= 11 is 1.84. The van der Waals surface area contributed by atoms with Gasteiger partial charge in [0.1, 0.15) is 0 Å². The molecule has 1 aromatic carbocycles. The van der Waals surface area contributed by atoms with E-state index in [0.717, 1.165) is 18.5 Å². The molecule has 0 fully saturated rings. The lowest BCUT2D eigenvalue weighted by molar-refractivity contribution is 0.378. The zero-order valence-corrected chi connectivity index (χ0v) is 13.0. The third kappa shape index (κ3) is 4.02. The number of para-hydroxylation sites is 1. The molecular weight excluding hydrogens is 252 g/mol. The summed E-state index contributed by atoms with van der Waals surface area (Å²) in [5.41, 5.74) is 1.14. The summed E-state index contributed by atoms with van der Waals surface area (Å²) in [4.78, 5) is 4.72. The second-order valence-electron chi connectivity index (χ2n) is 5.42. The number of nitrogens with zero attached hydrogens (tertiary/aromatic N) is 1. The summed E-state index contributed by atoms with van der Waals surface area (Å²) in [7, 11) is 0. The van der Waals surface area contributed by atoms with Crippen LogP contribution in [0.1, 0.15) is 38.6 Å². The number of fused-ring (bicyclic) bond motifs is 1. The molecule has 2 nitrogen and oxygen atoms in total. The summed E-state index contributed by atoms with van der Waals surface area (Å²) in [6.07, 6.45) is 3.46. The second kappa shape index (κ2) is 7.01. The monoisotopic (exact) mass is 276 g/mol. The lowest BCUT2D eigenvalue weighted by atomic mass is 9.99. The van der Waals surface area contributed by atoms with E-state index in [1.165, 1.54) is 22.5 Å². The lowest BCUT2D eigenvalue weighted by Gasteiger charge is -2.21. The number of aryl methyl sites for hydroxylation is 1. The molecule has 0 spiro atoms. The van der Waals surface area contributed by atoms with E-state index in [1.807, 2.05) is 11.3 Å². The molecule has 3 heteroatoms. The molecule has 0 aliphatic carbocycles. The van der Waals surface area contributed by atoms with Crippen LogP contribution >= 0.6 is 11.3 Å². The molecule has 1 N–H and O–H groups in total. The summed E-state index contributed by atoms with van der Waals surface area (Å²) in [6, 6.07) is 9.01. The standard InChI is InChI=1S/C16H24N2S/c1-4-11-17-13(12(2)3)9-10-16-18-14-7-5-6-8-15(14)19-16/h5-8,12-13,17H,4,9-11H2,1-3H3. The zero-order valence-electron chi connectivity index (χ0n) is 12.1. The fraction of sp³-hybridized carbons (Fsp3) is 0.562. The fourth-order valence-corrected chi connectivity index (χ4v) is 3.29. The van der Waals surface area contributed by atoms with E-state index in [-0.39, 0.29) is 0 Å². The Balaban J connectivity index is 1.96. The van der Waals surface area contributed by atoms with Crippen molar-refractivity contribution in [2.45, 2.75) is 46.1 Å². The van der Waals surface area contributed by atoms with E-state index in [0.29, 0.717) is 12.0 Å². The molecule has 1 aromatic heterocycles. The van der Waals surface area contributed by atoms with E-state index in [2.05, 4.69) is 50.4 Å². The minimum absolute atomic E-state index is 0.604. The molecule has 1 unspecified atom stereocenters. The highest BCUT2D eigenvalue weighted by molar-refractivity contribution is 7.18. The van der Waals surface area contributed by atoms with Crippen molar-refractivity contribution >= 4 is 21.6 Å². The van der Waals surface area contributed by atoms with Crippen LogP contribution in [0.25, 0.3) is 10.2 Å². The van der Waals surface area contributed by atoms with Crippen molar-refractivity contribution in [1.29, 1.82) is 0 Å². The van der Waals surface area contributed by atoms with Gasteiger partial charge in [-0.3, -0.25) is 0 Å². The summed E-state index contributed by atoms with van der Waals surface area (Å²) < 4.78 is 1.31. The number of hydrogen-bond donors (Lipinski definition) is 1. The Morgan fingerprint density at radius 2 is 2.05 bits per heavy atom. The van der Waals surface area contributed by atoms with Gasteiger partial charge < -0.3 is 5.32 Å². The van der Waals surface area contributed by atoms with Crippen molar-refractivity contribution in [2.75, 3.05) is 6.54 Å². The van der Waals surface area contributed by atoms with Crippen LogP contribution in [0, 0.1) is 5.92 Å². The lowest BCUT2D eigenvalue weighted by Crippen LogP contribution is -2.34. The Hall–Kier alpha value is -0.930. The zero-order chi connectivity index (χ0) is 13.7. The van der Waals surface area contributed by atoms with Gasteiger partial charge in [-0.25, -0.2) is 4.98 Å². The highest BCUT2D eigenvalue weighted by Gasteiger charge is 2.13. The maximum absolute atomic E-state index is 4.72. The highest BCUT2D eigenvalue weighted by Crippen LogP contribution is 2.23. The van der Waals surface area contributed by atoms with Gasteiger partial charge >= 0.3 is 0 Å². The Morgan fingerprint density at radius 1 is 1.26 bits per heavy atom. The van der Waals surface area contributed by atoms with Crippen LogP contribution in [-0.2, 0) is 6.42 Å². The Labute approximate surface area is 120 Å². The molecule has 0 bridgehead atoms. The largest absolute Gasteiger partial charge is 0.314 e. The first-order valence-corrected chi connectivity index (χ1v) is 8.10. The van der Waals surface area contributed by atoms with Gasteiger partial charge in [0, 0.05) is 12.5 Å². The molecule has 0 aliphatic rings. The Kier molecular flexibility index (Phi) is 5.34. The number of hydrogen-bond acceptors (Lipinski definition) is 3. The molecule has 0 amide bonds. The van der Waals surface area contributed by atoms with Gasteiger partial charge in [0.15, 0.2) is 0 Å². The first-order valence-electron chi connectivity index (χ1n) is 7.28. The summed E-state index contributed by atoms with van der Waals surface area (Å²) in [5.74, 6) is 0.681. The van der Waals surface area contributed by atoms with E-state index >= 15 is 0 Å².